The van der Waals surface area contributed by atoms with E-state index < -0.39 is 18.4 Å². The molecule has 1 aromatic carbocycles. The van der Waals surface area contributed by atoms with Crippen molar-refractivity contribution in [1.82, 2.24) is 19.8 Å². The molecule has 2 aromatic rings. The van der Waals surface area contributed by atoms with E-state index in [2.05, 4.69) is 20.2 Å². The Labute approximate surface area is 238 Å². The Kier molecular flexibility index (Phi) is 7.43. The molecular weight excluding hydrogens is 532 g/mol. The van der Waals surface area contributed by atoms with Crippen molar-refractivity contribution in [1.29, 1.82) is 0 Å². The monoisotopic (exact) mass is 569 g/mol. The normalized spacial score (nSPS) is 21.6. The van der Waals surface area contributed by atoms with Crippen LogP contribution >= 0.6 is 0 Å². The topological polar surface area (TPSA) is 94.1 Å². The van der Waals surface area contributed by atoms with Crippen LogP contribution in [0, 0.1) is 5.92 Å². The number of hydrogen-bond acceptors (Lipinski definition) is 8. The van der Waals surface area contributed by atoms with Gasteiger partial charge in [0.2, 0.25) is 5.95 Å². The highest BCUT2D eigenvalue weighted by atomic mass is 19.3. The Morgan fingerprint density at radius 3 is 2.54 bits per heavy atom. The molecule has 220 valence electrons. The molecule has 0 atom stereocenters. The maximum atomic E-state index is 14.9. The van der Waals surface area contributed by atoms with Crippen LogP contribution in [0.2, 0.25) is 0 Å². The summed E-state index contributed by atoms with van der Waals surface area (Å²) in [4.78, 5) is 41.6. The molecular formula is C29H37F2N7O3. The van der Waals surface area contributed by atoms with Crippen molar-refractivity contribution in [3.63, 3.8) is 0 Å². The smallest absolute Gasteiger partial charge is 0.342 e. The minimum absolute atomic E-state index is 0.0389. The summed E-state index contributed by atoms with van der Waals surface area (Å²) in [6.07, 6.45) is 7.46. The standard InChI is InChI=1S/C29H37F2N7O3/c1-35-23-16-32-28(34-25(23)38(21-5-3-4-6-21)18-29(30,31)27(35)40)33-22-10-9-20(15-24(22)41-2)26(39)37-13-11-36(12-14-37)17-19-7-8-19/h9-10,15-16,19,21H,3-8,11-14,17-18H2,1-2H3,(H,32,33,34). The second-order valence-electron chi connectivity index (χ2n) is 11.6. The Morgan fingerprint density at radius 2 is 1.85 bits per heavy atom. The lowest BCUT2D eigenvalue weighted by Crippen LogP contribution is -2.49. The molecule has 2 saturated carbocycles. The van der Waals surface area contributed by atoms with Gasteiger partial charge < -0.3 is 24.8 Å². The number of piperazine rings is 1. The van der Waals surface area contributed by atoms with Gasteiger partial charge in [0.1, 0.15) is 11.4 Å². The predicted octanol–water partition coefficient (Wildman–Crippen LogP) is 3.76. The number of nitrogens with one attached hydrogen (secondary N) is 1. The molecule has 1 N–H and O–H groups in total. The van der Waals surface area contributed by atoms with Crippen LogP contribution in [-0.4, -0.2) is 97.0 Å². The molecule has 6 rings (SSSR count). The fourth-order valence-electron chi connectivity index (χ4n) is 6.13. The molecule has 1 saturated heterocycles. The number of fused-ring (bicyclic) bond motifs is 1. The van der Waals surface area contributed by atoms with Crippen molar-refractivity contribution >= 4 is 35.0 Å². The summed E-state index contributed by atoms with van der Waals surface area (Å²) in [5.41, 5.74) is 1.31. The third kappa shape index (κ3) is 5.66. The number of methoxy groups -OCH3 is 1. The van der Waals surface area contributed by atoms with Gasteiger partial charge in [0, 0.05) is 51.4 Å². The molecule has 2 aliphatic carbocycles. The number of anilines is 4. The fraction of sp³-hybridized carbons (Fsp3) is 0.586. The first-order valence-corrected chi connectivity index (χ1v) is 14.5. The van der Waals surface area contributed by atoms with Crippen molar-refractivity contribution < 1.29 is 23.1 Å². The van der Waals surface area contributed by atoms with Crippen molar-refractivity contribution in [2.24, 2.45) is 5.92 Å². The zero-order valence-electron chi connectivity index (χ0n) is 23.6. The van der Waals surface area contributed by atoms with Gasteiger partial charge in [-0.3, -0.25) is 14.5 Å². The lowest BCUT2D eigenvalue weighted by molar-refractivity contribution is -0.140. The number of ether oxygens (including phenoxy) is 1. The number of hydrogen-bond donors (Lipinski definition) is 1. The van der Waals surface area contributed by atoms with Crippen LogP contribution in [0.4, 0.5) is 31.9 Å². The highest BCUT2D eigenvalue weighted by molar-refractivity contribution is 6.02. The zero-order chi connectivity index (χ0) is 28.7. The molecule has 2 amide bonds. The van der Waals surface area contributed by atoms with Crippen molar-refractivity contribution in [2.75, 3.05) is 68.5 Å². The number of alkyl halides is 2. The molecule has 41 heavy (non-hydrogen) atoms. The van der Waals surface area contributed by atoms with Gasteiger partial charge in [-0.1, -0.05) is 12.8 Å². The van der Waals surface area contributed by atoms with Crippen LogP contribution in [0.5, 0.6) is 5.75 Å². The summed E-state index contributed by atoms with van der Waals surface area (Å²) in [6, 6.07) is 5.05. The summed E-state index contributed by atoms with van der Waals surface area (Å²) < 4.78 is 35.4. The van der Waals surface area contributed by atoms with E-state index in [0.717, 1.165) is 56.1 Å². The average molecular weight is 570 g/mol. The molecule has 2 aliphatic heterocycles. The third-order valence-electron chi connectivity index (χ3n) is 8.70. The second kappa shape index (κ2) is 11.0. The largest absolute Gasteiger partial charge is 0.495 e. The first-order valence-electron chi connectivity index (χ1n) is 14.5. The fourth-order valence-corrected chi connectivity index (χ4v) is 6.13. The maximum Gasteiger partial charge on any atom is 0.342 e. The van der Waals surface area contributed by atoms with Gasteiger partial charge in [-0.15, -0.1) is 0 Å². The number of rotatable bonds is 7. The number of carbonyl (C=O) groups excluding carboxylic acids is 2. The van der Waals surface area contributed by atoms with Crippen LogP contribution in [0.3, 0.4) is 0 Å². The van der Waals surface area contributed by atoms with E-state index in [9.17, 15) is 18.4 Å². The molecule has 0 radical (unpaired) electrons. The SMILES string of the molecule is COc1cc(C(=O)N2CCN(CC3CC3)CC2)ccc1Nc1ncc2c(n1)N(C1CCCC1)CC(F)(F)C(=O)N2C. The lowest BCUT2D eigenvalue weighted by atomic mass is 10.1. The molecule has 0 bridgehead atoms. The minimum atomic E-state index is -3.54. The van der Waals surface area contributed by atoms with Gasteiger partial charge in [0.25, 0.3) is 11.8 Å². The maximum absolute atomic E-state index is 14.9. The van der Waals surface area contributed by atoms with Gasteiger partial charge in [-0.2, -0.15) is 13.8 Å². The van der Waals surface area contributed by atoms with E-state index in [-0.39, 0.29) is 23.6 Å². The predicted molar refractivity (Wildman–Crippen MR) is 151 cm³/mol. The summed E-state index contributed by atoms with van der Waals surface area (Å²) >= 11 is 0. The van der Waals surface area contributed by atoms with E-state index in [1.54, 1.807) is 23.1 Å². The van der Waals surface area contributed by atoms with Crippen LogP contribution in [-0.2, 0) is 4.79 Å². The number of carbonyl (C=O) groups is 2. The average Bonchev–Trinajstić information content (AvgIpc) is 3.64. The number of benzene rings is 1. The van der Waals surface area contributed by atoms with E-state index in [1.165, 1.54) is 33.2 Å². The molecule has 3 heterocycles. The van der Waals surface area contributed by atoms with Crippen LogP contribution in [0.1, 0.15) is 48.9 Å². The number of halogens is 2. The quantitative estimate of drug-likeness (QED) is 0.539. The van der Waals surface area contributed by atoms with E-state index in [0.29, 0.717) is 35.9 Å². The van der Waals surface area contributed by atoms with Crippen molar-refractivity contribution in [3.05, 3.63) is 30.0 Å². The Morgan fingerprint density at radius 1 is 1.12 bits per heavy atom. The first kappa shape index (κ1) is 27.6. The summed E-state index contributed by atoms with van der Waals surface area (Å²) in [6.45, 7) is 3.58. The Balaban J connectivity index is 1.21. The van der Waals surface area contributed by atoms with E-state index in [4.69, 9.17) is 4.74 Å². The van der Waals surface area contributed by atoms with Gasteiger partial charge in [0.05, 0.1) is 25.5 Å². The number of amides is 2. The molecule has 1 aromatic heterocycles. The minimum Gasteiger partial charge on any atom is -0.495 e. The van der Waals surface area contributed by atoms with E-state index in [1.807, 2.05) is 4.90 Å². The first-order chi connectivity index (χ1) is 19.7. The van der Waals surface area contributed by atoms with Gasteiger partial charge in [-0.05, 0) is 49.8 Å². The number of aromatic nitrogens is 2. The summed E-state index contributed by atoms with van der Waals surface area (Å²) in [5.74, 6) is -3.09. The van der Waals surface area contributed by atoms with Crippen LogP contribution in [0.15, 0.2) is 24.4 Å². The molecule has 10 nitrogen and oxygen atoms in total. The van der Waals surface area contributed by atoms with Crippen molar-refractivity contribution in [2.45, 2.75) is 50.5 Å². The molecule has 4 aliphatic rings. The number of nitrogens with zero attached hydrogens (tertiary/aromatic N) is 6. The van der Waals surface area contributed by atoms with E-state index >= 15 is 0 Å². The molecule has 3 fully saturated rings. The molecule has 12 heteroatoms. The lowest BCUT2D eigenvalue weighted by Gasteiger charge is -2.34. The van der Waals surface area contributed by atoms with Gasteiger partial charge in [-0.25, -0.2) is 4.98 Å². The molecule has 0 unspecified atom stereocenters. The Bertz CT molecular complexity index is 1310. The Hall–Kier alpha value is -3.54. The van der Waals surface area contributed by atoms with Crippen molar-refractivity contribution in [3.8, 4) is 5.75 Å². The van der Waals surface area contributed by atoms with Gasteiger partial charge >= 0.3 is 5.92 Å². The highest BCUT2D eigenvalue weighted by Gasteiger charge is 2.48. The third-order valence-corrected chi connectivity index (χ3v) is 8.70. The van der Waals surface area contributed by atoms with Gasteiger partial charge in [0.15, 0.2) is 5.82 Å². The highest BCUT2D eigenvalue weighted by Crippen LogP contribution is 2.40. The zero-order valence-corrected chi connectivity index (χ0v) is 23.6. The molecule has 0 spiro atoms. The summed E-state index contributed by atoms with van der Waals surface area (Å²) in [7, 11) is 2.85. The summed E-state index contributed by atoms with van der Waals surface area (Å²) in [5, 5.41) is 3.13. The van der Waals surface area contributed by atoms with Crippen LogP contribution < -0.4 is 19.9 Å². The van der Waals surface area contributed by atoms with Crippen LogP contribution in [0.25, 0.3) is 0 Å². The second-order valence-corrected chi connectivity index (χ2v) is 11.6.